The fourth-order valence-corrected chi connectivity index (χ4v) is 3.72. The van der Waals surface area contributed by atoms with E-state index in [4.69, 9.17) is 39.5 Å². The zero-order valence-corrected chi connectivity index (χ0v) is 16.7. The molecule has 1 aliphatic carbocycles. The van der Waals surface area contributed by atoms with E-state index in [1.165, 1.54) is 0 Å². The van der Waals surface area contributed by atoms with Crippen LogP contribution in [-0.2, 0) is 14.3 Å². The van der Waals surface area contributed by atoms with Crippen molar-refractivity contribution in [3.05, 3.63) is 27.0 Å². The standard InChI is InChI=1S/C16H15Cl3N4O5/c17-8-6-20-12(11(19)10(8)18)13(25)28-7-9(24)22-23-14(26)16(21-15(23)27)4-2-1-3-5-16/h6H,1-5,7H2,(H,21,27)(H,22,24). The fourth-order valence-electron chi connectivity index (χ4n) is 3.16. The molecule has 2 N–H and O–H groups in total. The first kappa shape index (κ1) is 20.6. The number of carbonyl (C=O) groups is 4. The molecule has 4 amide bonds. The van der Waals surface area contributed by atoms with Gasteiger partial charge >= 0.3 is 12.0 Å². The number of hydrazine groups is 1. The van der Waals surface area contributed by atoms with E-state index in [1.807, 2.05) is 0 Å². The van der Waals surface area contributed by atoms with E-state index < -0.39 is 36.0 Å². The van der Waals surface area contributed by atoms with Crippen molar-refractivity contribution in [2.24, 2.45) is 0 Å². The first-order valence-corrected chi connectivity index (χ1v) is 9.51. The first-order chi connectivity index (χ1) is 13.2. The monoisotopic (exact) mass is 448 g/mol. The van der Waals surface area contributed by atoms with Crippen molar-refractivity contribution in [3.8, 4) is 0 Å². The van der Waals surface area contributed by atoms with Crippen molar-refractivity contribution in [1.29, 1.82) is 0 Å². The summed E-state index contributed by atoms with van der Waals surface area (Å²) >= 11 is 17.4. The van der Waals surface area contributed by atoms with E-state index in [2.05, 4.69) is 15.7 Å². The summed E-state index contributed by atoms with van der Waals surface area (Å²) < 4.78 is 4.81. The number of halogens is 3. The third kappa shape index (κ3) is 3.87. The van der Waals surface area contributed by atoms with Gasteiger partial charge < -0.3 is 10.1 Å². The number of esters is 1. The first-order valence-electron chi connectivity index (χ1n) is 8.38. The van der Waals surface area contributed by atoms with Crippen molar-refractivity contribution in [1.82, 2.24) is 20.7 Å². The normalized spacial score (nSPS) is 18.2. The van der Waals surface area contributed by atoms with Crippen LogP contribution in [0.3, 0.4) is 0 Å². The summed E-state index contributed by atoms with van der Waals surface area (Å²) in [5, 5.41) is 3.02. The molecule has 0 aromatic carbocycles. The summed E-state index contributed by atoms with van der Waals surface area (Å²) in [5.74, 6) is -2.41. The van der Waals surface area contributed by atoms with Crippen LogP contribution in [0.4, 0.5) is 4.79 Å². The van der Waals surface area contributed by atoms with Crippen LogP contribution in [-0.4, -0.2) is 46.0 Å². The number of nitrogens with zero attached hydrogens (tertiary/aromatic N) is 2. The number of rotatable bonds is 4. The number of ether oxygens (including phenoxy) is 1. The molecule has 2 aliphatic rings. The molecule has 1 aromatic rings. The largest absolute Gasteiger partial charge is 0.451 e. The molecule has 0 radical (unpaired) electrons. The Kier molecular flexibility index (Phi) is 5.97. The Balaban J connectivity index is 1.59. The lowest BCUT2D eigenvalue weighted by atomic mass is 9.82. The van der Waals surface area contributed by atoms with Crippen LogP contribution in [0.15, 0.2) is 6.20 Å². The molecule has 1 spiro atoms. The molecule has 0 unspecified atom stereocenters. The predicted molar refractivity (Wildman–Crippen MR) is 98.9 cm³/mol. The third-order valence-corrected chi connectivity index (χ3v) is 5.79. The zero-order chi connectivity index (χ0) is 20.5. The Morgan fingerprint density at radius 1 is 1.18 bits per heavy atom. The summed E-state index contributed by atoms with van der Waals surface area (Å²) in [7, 11) is 0. The second-order valence-corrected chi connectivity index (χ2v) is 7.57. The number of hydrogen-bond donors (Lipinski definition) is 2. The maximum atomic E-state index is 12.6. The van der Waals surface area contributed by atoms with E-state index in [0.29, 0.717) is 17.9 Å². The highest BCUT2D eigenvalue weighted by Gasteiger charge is 2.52. The molecule has 2 heterocycles. The van der Waals surface area contributed by atoms with E-state index in [9.17, 15) is 19.2 Å². The predicted octanol–water partition coefficient (Wildman–Crippen LogP) is 2.48. The van der Waals surface area contributed by atoms with Gasteiger partial charge in [-0.1, -0.05) is 54.1 Å². The minimum absolute atomic E-state index is 0.0520. The second kappa shape index (κ2) is 8.10. The number of amides is 4. The van der Waals surface area contributed by atoms with Gasteiger partial charge in [-0.25, -0.2) is 14.6 Å². The number of imide groups is 1. The average Bonchev–Trinajstić information content (AvgIpc) is 2.89. The van der Waals surface area contributed by atoms with Crippen LogP contribution in [0.25, 0.3) is 0 Å². The molecule has 150 valence electrons. The average molecular weight is 450 g/mol. The minimum Gasteiger partial charge on any atom is -0.451 e. The summed E-state index contributed by atoms with van der Waals surface area (Å²) in [5.41, 5.74) is 0.852. The van der Waals surface area contributed by atoms with Gasteiger partial charge in [0, 0.05) is 6.20 Å². The van der Waals surface area contributed by atoms with Crippen LogP contribution < -0.4 is 10.7 Å². The summed E-state index contributed by atoms with van der Waals surface area (Å²) in [6, 6.07) is -0.722. The Morgan fingerprint density at radius 2 is 1.86 bits per heavy atom. The topological polar surface area (TPSA) is 118 Å². The molecule has 1 saturated heterocycles. The van der Waals surface area contributed by atoms with E-state index in [0.717, 1.165) is 25.5 Å². The lowest BCUT2D eigenvalue weighted by Crippen LogP contribution is -2.51. The SMILES string of the molecule is O=C(COC(=O)c1ncc(Cl)c(Cl)c1Cl)NN1C(=O)NC2(CCCCC2)C1=O. The van der Waals surface area contributed by atoms with Gasteiger partial charge in [-0.3, -0.25) is 15.0 Å². The highest BCUT2D eigenvalue weighted by atomic mass is 35.5. The highest BCUT2D eigenvalue weighted by molar-refractivity contribution is 6.48. The number of nitrogens with one attached hydrogen (secondary N) is 2. The number of urea groups is 1. The van der Waals surface area contributed by atoms with Gasteiger partial charge in [0.2, 0.25) is 0 Å². The van der Waals surface area contributed by atoms with Crippen LogP contribution in [0.5, 0.6) is 0 Å². The second-order valence-electron chi connectivity index (χ2n) is 6.41. The smallest absolute Gasteiger partial charge is 0.359 e. The Morgan fingerprint density at radius 3 is 2.54 bits per heavy atom. The Bertz CT molecular complexity index is 857. The Hall–Kier alpha value is -2.10. The van der Waals surface area contributed by atoms with Gasteiger partial charge in [0.15, 0.2) is 12.3 Å². The van der Waals surface area contributed by atoms with Crippen molar-refractivity contribution in [2.75, 3.05) is 6.61 Å². The molecule has 0 bridgehead atoms. The number of pyridine rings is 1. The van der Waals surface area contributed by atoms with Crippen LogP contribution in [0.1, 0.15) is 42.6 Å². The quantitative estimate of drug-likeness (QED) is 0.538. The van der Waals surface area contributed by atoms with Gasteiger partial charge in [0.25, 0.3) is 11.8 Å². The highest BCUT2D eigenvalue weighted by Crippen LogP contribution is 2.33. The number of carbonyl (C=O) groups excluding carboxylic acids is 4. The van der Waals surface area contributed by atoms with Crippen molar-refractivity contribution in [2.45, 2.75) is 37.6 Å². The molecule has 3 rings (SSSR count). The van der Waals surface area contributed by atoms with Gasteiger partial charge in [-0.15, -0.1) is 0 Å². The van der Waals surface area contributed by atoms with E-state index >= 15 is 0 Å². The van der Waals surface area contributed by atoms with E-state index in [-0.39, 0.29) is 20.8 Å². The molecule has 1 saturated carbocycles. The molecular formula is C16H15Cl3N4O5. The van der Waals surface area contributed by atoms with E-state index in [1.54, 1.807) is 0 Å². The van der Waals surface area contributed by atoms with Gasteiger partial charge in [0.1, 0.15) is 5.54 Å². The molecule has 2 fully saturated rings. The van der Waals surface area contributed by atoms with Crippen LogP contribution in [0, 0.1) is 0 Å². The third-order valence-electron chi connectivity index (χ3n) is 4.55. The maximum Gasteiger partial charge on any atom is 0.359 e. The number of aromatic nitrogens is 1. The van der Waals surface area contributed by atoms with Gasteiger partial charge in [-0.2, -0.15) is 5.01 Å². The molecule has 9 nitrogen and oxygen atoms in total. The summed E-state index contributed by atoms with van der Waals surface area (Å²) in [6.07, 6.45) is 4.74. The number of hydrogen-bond acceptors (Lipinski definition) is 6. The molecule has 0 atom stereocenters. The van der Waals surface area contributed by atoms with Crippen molar-refractivity contribution >= 4 is 58.6 Å². The molecule has 1 aliphatic heterocycles. The van der Waals surface area contributed by atoms with Gasteiger partial charge in [-0.05, 0) is 12.8 Å². The van der Waals surface area contributed by atoms with Crippen LogP contribution >= 0.6 is 34.8 Å². The minimum atomic E-state index is -1.01. The van der Waals surface area contributed by atoms with Crippen molar-refractivity contribution in [3.63, 3.8) is 0 Å². The molecular weight excluding hydrogens is 435 g/mol. The fraction of sp³-hybridized carbons (Fsp3) is 0.438. The maximum absolute atomic E-state index is 12.6. The summed E-state index contributed by atoms with van der Waals surface area (Å²) in [4.78, 5) is 52.4. The van der Waals surface area contributed by atoms with Crippen molar-refractivity contribution < 1.29 is 23.9 Å². The zero-order valence-electron chi connectivity index (χ0n) is 14.4. The summed E-state index contributed by atoms with van der Waals surface area (Å²) in [6.45, 7) is -0.763. The molecule has 1 aromatic heterocycles. The lowest BCUT2D eigenvalue weighted by Gasteiger charge is -2.30. The Labute approximate surface area is 174 Å². The van der Waals surface area contributed by atoms with Crippen LogP contribution in [0.2, 0.25) is 15.1 Å². The van der Waals surface area contributed by atoms with Gasteiger partial charge in [0.05, 0.1) is 15.1 Å². The molecule has 28 heavy (non-hydrogen) atoms. The molecule has 12 heteroatoms. The lowest BCUT2D eigenvalue weighted by molar-refractivity contribution is -0.140.